The Kier molecular flexibility index (Phi) is 7.37. The number of rotatable bonds is 7. The normalized spacial score (nSPS) is 20.9. The maximum Gasteiger partial charge on any atom is 0.306 e. The van der Waals surface area contributed by atoms with Gasteiger partial charge in [0, 0.05) is 30.5 Å². The van der Waals surface area contributed by atoms with E-state index in [1.807, 2.05) is 42.5 Å². The molecule has 1 saturated heterocycles. The number of carboxylic acids is 1. The van der Waals surface area contributed by atoms with E-state index in [9.17, 15) is 9.90 Å². The molecule has 1 unspecified atom stereocenters. The van der Waals surface area contributed by atoms with Crippen LogP contribution >= 0.6 is 0 Å². The minimum absolute atomic E-state index is 0.149. The molecule has 2 fully saturated rings. The van der Waals surface area contributed by atoms with Gasteiger partial charge < -0.3 is 15.7 Å². The summed E-state index contributed by atoms with van der Waals surface area (Å²) in [4.78, 5) is 28.3. The third kappa shape index (κ3) is 5.50. The maximum absolute atomic E-state index is 11.3. The minimum atomic E-state index is -0.629. The molecule has 0 radical (unpaired) electrons. The molecule has 1 atom stereocenters. The van der Waals surface area contributed by atoms with Crippen LogP contribution in [0.4, 0.5) is 5.82 Å². The molecule has 1 aliphatic heterocycles. The van der Waals surface area contributed by atoms with Gasteiger partial charge in [0.05, 0.1) is 17.2 Å². The first-order valence-electron chi connectivity index (χ1n) is 15.2. The summed E-state index contributed by atoms with van der Waals surface area (Å²) in [6.45, 7) is 3.22. The standard InChI is InChI=1S/C35H36N6O2/c36-32-29(7-4-19-37-32)33-39-31-17-16-30(25-5-2-1-3-6-25)38-34(31)41(33)28-14-12-24(13-15-28)27-18-20-40(22-27)21-23-8-10-26(11-9-23)35(42)43/h1-7,12-17,19,23,26-27H,8-11,18,20-22H2,(H2,36,37)(H,42,43)/t23-,26-,27?. The predicted octanol–water partition coefficient (Wildman–Crippen LogP) is 6.41. The monoisotopic (exact) mass is 572 g/mol. The van der Waals surface area contributed by atoms with Crippen molar-refractivity contribution in [3.63, 3.8) is 0 Å². The van der Waals surface area contributed by atoms with Crippen molar-refractivity contribution in [1.82, 2.24) is 24.4 Å². The number of hydrogen-bond donors (Lipinski definition) is 2. The van der Waals surface area contributed by atoms with Crippen LogP contribution < -0.4 is 5.73 Å². The Morgan fingerprint density at radius 1 is 0.884 bits per heavy atom. The van der Waals surface area contributed by atoms with Gasteiger partial charge in [-0.25, -0.2) is 15.0 Å². The van der Waals surface area contributed by atoms with Crippen molar-refractivity contribution in [3.05, 3.63) is 90.6 Å². The zero-order valence-electron chi connectivity index (χ0n) is 24.1. The van der Waals surface area contributed by atoms with E-state index in [1.165, 1.54) is 5.56 Å². The van der Waals surface area contributed by atoms with E-state index in [0.717, 1.165) is 91.2 Å². The summed E-state index contributed by atoms with van der Waals surface area (Å²) < 4.78 is 2.09. The number of fused-ring (bicyclic) bond motifs is 1. The van der Waals surface area contributed by atoms with Crippen molar-refractivity contribution in [2.75, 3.05) is 25.4 Å². The van der Waals surface area contributed by atoms with Gasteiger partial charge in [-0.1, -0.05) is 42.5 Å². The van der Waals surface area contributed by atoms with Gasteiger partial charge in [-0.2, -0.15) is 0 Å². The van der Waals surface area contributed by atoms with E-state index >= 15 is 0 Å². The van der Waals surface area contributed by atoms with E-state index in [-0.39, 0.29) is 5.92 Å². The molecule has 0 spiro atoms. The van der Waals surface area contributed by atoms with Crippen LogP contribution in [0.2, 0.25) is 0 Å². The zero-order chi connectivity index (χ0) is 29.3. The highest BCUT2D eigenvalue weighted by Gasteiger charge is 2.30. The molecule has 4 heterocycles. The lowest BCUT2D eigenvalue weighted by atomic mass is 9.82. The Hall–Kier alpha value is -4.56. The molecular weight excluding hydrogens is 536 g/mol. The molecule has 5 aromatic rings. The van der Waals surface area contributed by atoms with Gasteiger partial charge >= 0.3 is 5.97 Å². The number of aromatic nitrogens is 4. The van der Waals surface area contributed by atoms with Crippen LogP contribution in [0.5, 0.6) is 0 Å². The van der Waals surface area contributed by atoms with E-state index in [0.29, 0.717) is 17.7 Å². The highest BCUT2D eigenvalue weighted by molar-refractivity contribution is 5.84. The van der Waals surface area contributed by atoms with Crippen molar-refractivity contribution < 1.29 is 9.90 Å². The summed E-state index contributed by atoms with van der Waals surface area (Å²) in [5.41, 5.74) is 12.9. The molecule has 1 aliphatic carbocycles. The smallest absolute Gasteiger partial charge is 0.306 e. The van der Waals surface area contributed by atoms with Gasteiger partial charge in [0.15, 0.2) is 11.5 Å². The van der Waals surface area contributed by atoms with Gasteiger partial charge in [0.1, 0.15) is 11.3 Å². The molecular formula is C35H36N6O2. The predicted molar refractivity (Wildman–Crippen MR) is 169 cm³/mol. The third-order valence-electron chi connectivity index (χ3n) is 9.26. The van der Waals surface area contributed by atoms with Gasteiger partial charge in [0.2, 0.25) is 0 Å². The van der Waals surface area contributed by atoms with Crippen LogP contribution in [0.15, 0.2) is 85.1 Å². The Morgan fingerprint density at radius 2 is 1.67 bits per heavy atom. The molecule has 43 heavy (non-hydrogen) atoms. The van der Waals surface area contributed by atoms with E-state index in [1.54, 1.807) is 6.20 Å². The van der Waals surface area contributed by atoms with Crippen LogP contribution in [0.1, 0.15) is 43.6 Å². The molecule has 218 valence electrons. The fourth-order valence-electron chi connectivity index (χ4n) is 6.88. The molecule has 2 aliphatic rings. The van der Waals surface area contributed by atoms with E-state index in [4.69, 9.17) is 15.7 Å². The minimum Gasteiger partial charge on any atom is -0.481 e. The third-order valence-corrected chi connectivity index (χ3v) is 9.26. The number of nitrogens with zero attached hydrogens (tertiary/aromatic N) is 5. The molecule has 8 heteroatoms. The lowest BCUT2D eigenvalue weighted by Gasteiger charge is -2.29. The number of likely N-dealkylation sites (tertiary alicyclic amines) is 1. The summed E-state index contributed by atoms with van der Waals surface area (Å²) >= 11 is 0. The van der Waals surface area contributed by atoms with Gasteiger partial charge in [-0.3, -0.25) is 9.36 Å². The summed E-state index contributed by atoms with van der Waals surface area (Å²) in [5, 5.41) is 9.32. The molecule has 0 amide bonds. The Balaban J connectivity index is 1.16. The van der Waals surface area contributed by atoms with Crippen LogP contribution in [0, 0.1) is 11.8 Å². The lowest BCUT2D eigenvalue weighted by Crippen LogP contribution is -2.31. The topological polar surface area (TPSA) is 110 Å². The van der Waals surface area contributed by atoms with Crippen molar-refractivity contribution in [1.29, 1.82) is 0 Å². The first-order valence-corrected chi connectivity index (χ1v) is 15.2. The molecule has 8 nitrogen and oxygen atoms in total. The average molecular weight is 573 g/mol. The summed E-state index contributed by atoms with van der Waals surface area (Å²) in [6.07, 6.45) is 6.51. The molecule has 0 bridgehead atoms. The number of nitrogens with two attached hydrogens (primary N) is 1. The number of anilines is 1. The van der Waals surface area contributed by atoms with Crippen LogP contribution in [-0.4, -0.2) is 55.1 Å². The molecule has 7 rings (SSSR count). The first kappa shape index (κ1) is 27.3. The number of imidazole rings is 1. The maximum atomic E-state index is 11.3. The van der Waals surface area contributed by atoms with Crippen molar-refractivity contribution in [2.24, 2.45) is 11.8 Å². The average Bonchev–Trinajstić information content (AvgIpc) is 3.66. The Morgan fingerprint density at radius 3 is 2.42 bits per heavy atom. The second-order valence-electron chi connectivity index (χ2n) is 12.0. The largest absolute Gasteiger partial charge is 0.481 e. The van der Waals surface area contributed by atoms with Gasteiger partial charge in [-0.05, 0) is 92.4 Å². The van der Waals surface area contributed by atoms with Crippen LogP contribution in [0.25, 0.3) is 39.5 Å². The zero-order valence-corrected chi connectivity index (χ0v) is 24.1. The van der Waals surface area contributed by atoms with E-state index in [2.05, 4.69) is 50.8 Å². The van der Waals surface area contributed by atoms with Gasteiger partial charge in [-0.15, -0.1) is 0 Å². The highest BCUT2D eigenvalue weighted by atomic mass is 16.4. The number of carbonyl (C=O) groups is 1. The second kappa shape index (κ2) is 11.6. The number of aliphatic carboxylic acids is 1. The SMILES string of the molecule is Nc1ncccc1-c1nc2ccc(-c3ccccc3)nc2n1-c1ccc(C2CCN(C[C@H]3CC[C@H](C(=O)O)CC3)C2)cc1. The lowest BCUT2D eigenvalue weighted by molar-refractivity contribution is -0.143. The number of hydrogen-bond acceptors (Lipinski definition) is 6. The Labute approximate surface area is 251 Å². The van der Waals surface area contributed by atoms with E-state index < -0.39 is 5.97 Å². The molecule has 1 saturated carbocycles. The fraction of sp³-hybridized carbons (Fsp3) is 0.314. The van der Waals surface area contributed by atoms with Gasteiger partial charge in [0.25, 0.3) is 0 Å². The number of carboxylic acid groups (broad SMARTS) is 1. The summed E-state index contributed by atoms with van der Waals surface area (Å²) in [6, 6.07) is 26.9. The molecule has 2 aromatic carbocycles. The first-order chi connectivity index (χ1) is 21.0. The summed E-state index contributed by atoms with van der Waals surface area (Å²) in [7, 11) is 0. The summed E-state index contributed by atoms with van der Waals surface area (Å²) in [5.74, 6) is 1.47. The van der Waals surface area contributed by atoms with Crippen molar-refractivity contribution in [2.45, 2.75) is 38.0 Å². The number of benzene rings is 2. The van der Waals surface area contributed by atoms with Crippen LogP contribution in [0.3, 0.4) is 0 Å². The van der Waals surface area contributed by atoms with Crippen molar-refractivity contribution >= 4 is 23.0 Å². The fourth-order valence-corrected chi connectivity index (χ4v) is 6.88. The van der Waals surface area contributed by atoms with Crippen molar-refractivity contribution in [3.8, 4) is 28.3 Å². The van der Waals surface area contributed by atoms with Crippen LogP contribution in [-0.2, 0) is 4.79 Å². The quantitative estimate of drug-likeness (QED) is 0.232. The molecule has 3 aromatic heterocycles. The number of nitrogen functional groups attached to an aromatic ring is 1. The number of pyridine rings is 2. The Bertz CT molecular complexity index is 1740. The second-order valence-corrected chi connectivity index (χ2v) is 12.0. The highest BCUT2D eigenvalue weighted by Crippen LogP contribution is 2.35. The molecule has 3 N–H and O–H groups in total.